The van der Waals surface area contributed by atoms with Crippen LogP contribution in [0.4, 0.5) is 0 Å². The molecular formula is C8H15N3O2. The van der Waals surface area contributed by atoms with Gasteiger partial charge in [-0.3, -0.25) is 14.9 Å². The highest BCUT2D eigenvalue weighted by Gasteiger charge is 2.30. The van der Waals surface area contributed by atoms with Crippen molar-refractivity contribution in [1.82, 2.24) is 10.2 Å². The quantitative estimate of drug-likeness (QED) is 0.572. The molecule has 0 aromatic rings. The monoisotopic (exact) mass is 185 g/mol. The normalized spacial score (nSPS) is 24.9. The summed E-state index contributed by atoms with van der Waals surface area (Å²) in [6.45, 7) is 2.40. The van der Waals surface area contributed by atoms with E-state index in [9.17, 15) is 9.59 Å². The molecule has 0 saturated carbocycles. The summed E-state index contributed by atoms with van der Waals surface area (Å²) < 4.78 is 0. The lowest BCUT2D eigenvalue weighted by Gasteiger charge is -2.15. The second kappa shape index (κ2) is 3.74. The maximum Gasteiger partial charge on any atom is 0.239 e. The Labute approximate surface area is 77.3 Å². The van der Waals surface area contributed by atoms with Crippen molar-refractivity contribution < 1.29 is 9.59 Å². The molecule has 0 aromatic heterocycles. The van der Waals surface area contributed by atoms with Crippen LogP contribution in [0.25, 0.3) is 0 Å². The predicted octanol–water partition coefficient (Wildman–Crippen LogP) is -1.32. The van der Waals surface area contributed by atoms with Crippen LogP contribution >= 0.6 is 0 Å². The van der Waals surface area contributed by atoms with Crippen LogP contribution in [0.5, 0.6) is 0 Å². The smallest absolute Gasteiger partial charge is 0.239 e. The van der Waals surface area contributed by atoms with Crippen molar-refractivity contribution in [3.8, 4) is 0 Å². The molecule has 74 valence electrons. The van der Waals surface area contributed by atoms with Gasteiger partial charge in [0.15, 0.2) is 0 Å². The summed E-state index contributed by atoms with van der Waals surface area (Å²) in [7, 11) is 1.75. The predicted molar refractivity (Wildman–Crippen MR) is 47.8 cm³/mol. The molecule has 2 amide bonds. The molecule has 1 fully saturated rings. The molecule has 3 N–H and O–H groups in total. The number of amides is 2. The zero-order chi connectivity index (χ0) is 10.0. The number of nitrogens with two attached hydrogens (primary N) is 1. The van der Waals surface area contributed by atoms with Gasteiger partial charge in [-0.1, -0.05) is 0 Å². The molecule has 1 rings (SSSR count). The number of carbonyl (C=O) groups excluding carboxylic acids is 2. The van der Waals surface area contributed by atoms with E-state index in [2.05, 4.69) is 5.32 Å². The topological polar surface area (TPSA) is 75.4 Å². The molecule has 1 unspecified atom stereocenters. The van der Waals surface area contributed by atoms with Gasteiger partial charge < -0.3 is 10.6 Å². The van der Waals surface area contributed by atoms with Gasteiger partial charge in [0, 0.05) is 13.6 Å². The van der Waals surface area contributed by atoms with Crippen molar-refractivity contribution in [2.45, 2.75) is 25.4 Å². The summed E-state index contributed by atoms with van der Waals surface area (Å²) in [5.41, 5.74) is 5.07. The Kier molecular flexibility index (Phi) is 2.87. The minimum atomic E-state index is -0.444. The lowest BCUT2D eigenvalue weighted by atomic mass is 10.2. The molecule has 0 bridgehead atoms. The number of nitrogens with one attached hydrogen (secondary N) is 1. The molecule has 0 spiro atoms. The van der Waals surface area contributed by atoms with Crippen LogP contribution < -0.4 is 11.1 Å². The molecule has 0 aromatic carbocycles. The van der Waals surface area contributed by atoms with Crippen LogP contribution in [-0.2, 0) is 9.59 Å². The van der Waals surface area contributed by atoms with Crippen molar-refractivity contribution in [2.24, 2.45) is 5.73 Å². The van der Waals surface area contributed by atoms with Crippen molar-refractivity contribution in [1.29, 1.82) is 0 Å². The molecule has 2 atom stereocenters. The lowest BCUT2D eigenvalue weighted by molar-refractivity contribution is -0.128. The van der Waals surface area contributed by atoms with E-state index >= 15 is 0 Å². The first-order chi connectivity index (χ1) is 6.02. The summed E-state index contributed by atoms with van der Waals surface area (Å²) in [6.07, 6.45) is 0.743. The molecule has 13 heavy (non-hydrogen) atoms. The van der Waals surface area contributed by atoms with Crippen LogP contribution in [0.1, 0.15) is 13.3 Å². The molecule has 0 radical (unpaired) electrons. The Bertz CT molecular complexity index is 229. The van der Waals surface area contributed by atoms with Gasteiger partial charge in [-0.2, -0.15) is 0 Å². The third-order valence-electron chi connectivity index (χ3n) is 2.31. The zero-order valence-electron chi connectivity index (χ0n) is 7.91. The number of likely N-dealkylation sites (N-methyl/N-ethyl adjacent to an activating group) is 1. The fourth-order valence-corrected chi connectivity index (χ4v) is 1.36. The summed E-state index contributed by atoms with van der Waals surface area (Å²) in [6, 6.07) is -0.687. The average molecular weight is 185 g/mol. The third-order valence-corrected chi connectivity index (χ3v) is 2.31. The maximum atomic E-state index is 11.4. The van der Waals surface area contributed by atoms with Gasteiger partial charge in [-0.05, 0) is 13.3 Å². The van der Waals surface area contributed by atoms with Crippen LogP contribution in [0.3, 0.4) is 0 Å². The first-order valence-corrected chi connectivity index (χ1v) is 4.32. The number of nitrogens with zero attached hydrogens (tertiary/aromatic N) is 1. The van der Waals surface area contributed by atoms with Crippen molar-refractivity contribution in [2.75, 3.05) is 13.6 Å². The number of rotatable bonds is 3. The van der Waals surface area contributed by atoms with Crippen LogP contribution in [0.2, 0.25) is 0 Å². The highest BCUT2D eigenvalue weighted by molar-refractivity contribution is 5.85. The SMILES string of the molecule is C[C@H](NC1CCN(C)C1=O)C(N)=O. The van der Waals surface area contributed by atoms with Gasteiger partial charge >= 0.3 is 0 Å². The molecule has 1 aliphatic heterocycles. The Morgan fingerprint density at radius 3 is 2.77 bits per heavy atom. The van der Waals surface area contributed by atoms with Crippen molar-refractivity contribution in [3.05, 3.63) is 0 Å². The van der Waals surface area contributed by atoms with Crippen LogP contribution in [0.15, 0.2) is 0 Å². The van der Waals surface area contributed by atoms with E-state index in [4.69, 9.17) is 5.73 Å². The van der Waals surface area contributed by atoms with Crippen LogP contribution in [-0.4, -0.2) is 42.4 Å². The summed E-state index contributed by atoms with van der Waals surface area (Å²) in [5, 5.41) is 2.89. The van der Waals surface area contributed by atoms with Gasteiger partial charge in [0.2, 0.25) is 11.8 Å². The van der Waals surface area contributed by atoms with E-state index in [1.807, 2.05) is 0 Å². The molecule has 5 nitrogen and oxygen atoms in total. The number of carbonyl (C=O) groups is 2. The van der Waals surface area contributed by atoms with Gasteiger partial charge in [-0.15, -0.1) is 0 Å². The van der Waals surface area contributed by atoms with Crippen molar-refractivity contribution in [3.63, 3.8) is 0 Å². The summed E-state index contributed by atoms with van der Waals surface area (Å²) in [4.78, 5) is 23.7. The third kappa shape index (κ3) is 2.18. The molecule has 1 aliphatic rings. The Balaban J connectivity index is 2.47. The molecule has 1 heterocycles. The lowest BCUT2D eigenvalue weighted by Crippen LogP contribution is -2.47. The summed E-state index contributed by atoms with van der Waals surface area (Å²) >= 11 is 0. The van der Waals surface area contributed by atoms with E-state index in [-0.39, 0.29) is 11.9 Å². The highest BCUT2D eigenvalue weighted by atomic mass is 16.2. The average Bonchev–Trinajstić information content (AvgIpc) is 2.36. The first-order valence-electron chi connectivity index (χ1n) is 4.32. The van der Waals surface area contributed by atoms with Gasteiger partial charge in [0.05, 0.1) is 12.1 Å². The summed E-state index contributed by atoms with van der Waals surface area (Å²) in [5.74, 6) is -0.393. The van der Waals surface area contributed by atoms with E-state index in [1.165, 1.54) is 0 Å². The minimum absolute atomic E-state index is 0.0353. The Morgan fingerprint density at radius 1 is 1.77 bits per heavy atom. The van der Waals surface area contributed by atoms with E-state index in [0.717, 1.165) is 13.0 Å². The van der Waals surface area contributed by atoms with Crippen molar-refractivity contribution >= 4 is 11.8 Å². The highest BCUT2D eigenvalue weighted by Crippen LogP contribution is 2.08. The van der Waals surface area contributed by atoms with E-state index in [1.54, 1.807) is 18.9 Å². The van der Waals surface area contributed by atoms with E-state index in [0.29, 0.717) is 0 Å². The van der Waals surface area contributed by atoms with Gasteiger partial charge in [0.25, 0.3) is 0 Å². The van der Waals surface area contributed by atoms with Crippen LogP contribution in [0, 0.1) is 0 Å². The standard InChI is InChI=1S/C8H15N3O2/c1-5(7(9)12)10-6-3-4-11(2)8(6)13/h5-6,10H,3-4H2,1-2H3,(H2,9,12)/t5-,6?/m0/s1. The minimum Gasteiger partial charge on any atom is -0.368 e. The Morgan fingerprint density at radius 2 is 2.38 bits per heavy atom. The second-order valence-corrected chi connectivity index (χ2v) is 3.39. The zero-order valence-corrected chi connectivity index (χ0v) is 7.91. The number of primary amides is 1. The largest absolute Gasteiger partial charge is 0.368 e. The van der Waals surface area contributed by atoms with E-state index < -0.39 is 11.9 Å². The Hall–Kier alpha value is -1.10. The molecule has 1 saturated heterocycles. The fourth-order valence-electron chi connectivity index (χ4n) is 1.36. The number of likely N-dealkylation sites (tertiary alicyclic amines) is 1. The van der Waals surface area contributed by atoms with Gasteiger partial charge in [0.1, 0.15) is 0 Å². The molecular weight excluding hydrogens is 170 g/mol. The fraction of sp³-hybridized carbons (Fsp3) is 0.750. The number of hydrogen-bond donors (Lipinski definition) is 2. The molecule has 0 aliphatic carbocycles. The molecule has 5 heteroatoms. The maximum absolute atomic E-state index is 11.4. The van der Waals surface area contributed by atoms with Gasteiger partial charge in [-0.25, -0.2) is 0 Å². The first kappa shape index (κ1) is 9.98. The second-order valence-electron chi connectivity index (χ2n) is 3.39. The number of hydrogen-bond acceptors (Lipinski definition) is 3.